The van der Waals surface area contributed by atoms with Crippen molar-refractivity contribution in [3.05, 3.63) is 106 Å². The Morgan fingerprint density at radius 2 is 1.38 bits per heavy atom. The average Bonchev–Trinajstić information content (AvgIpc) is 3.92. The minimum atomic E-state index is 0.515. The molecule has 5 aromatic carbocycles. The number of hydrogen-bond acceptors (Lipinski definition) is 9. The van der Waals surface area contributed by atoms with E-state index in [9.17, 15) is 0 Å². The molecule has 0 aliphatic carbocycles. The van der Waals surface area contributed by atoms with Crippen molar-refractivity contribution in [1.29, 1.82) is 0 Å². The number of fused-ring (bicyclic) bond motifs is 4. The molecule has 11 rings (SSSR count). The van der Waals surface area contributed by atoms with Crippen molar-refractivity contribution in [3.8, 4) is 43.5 Å². The average molecular weight is 884 g/mol. The van der Waals surface area contributed by atoms with Crippen molar-refractivity contribution in [2.24, 2.45) is 0 Å². The van der Waals surface area contributed by atoms with Gasteiger partial charge < -0.3 is 19.3 Å². The zero-order valence-corrected chi connectivity index (χ0v) is 36.5. The summed E-state index contributed by atoms with van der Waals surface area (Å²) < 4.78 is 23.0. The van der Waals surface area contributed by atoms with Gasteiger partial charge in [-0.3, -0.25) is 0 Å². The largest absolute Gasteiger partial charge is 0.485 e. The summed E-state index contributed by atoms with van der Waals surface area (Å²) in [6.07, 6.45) is 11.0. The molecule has 0 saturated carbocycles. The second-order valence-electron chi connectivity index (χ2n) is 15.8. The van der Waals surface area contributed by atoms with Gasteiger partial charge >= 0.3 is 0 Å². The zero-order chi connectivity index (χ0) is 38.7. The summed E-state index contributed by atoms with van der Waals surface area (Å²) in [6.45, 7) is 5.70. The number of aryl methyl sites for hydroxylation is 3. The summed E-state index contributed by atoms with van der Waals surface area (Å²) in [7, 11) is 0. The SMILES string of the molecule is CCCCCCc1ccc(N2c3ccc(-c4cc5c6c(c4)CCCN6CCC5)cc3Sc3cc(-c4sc(-c5ccc(Br)c6nsnc56)c5c4OCCO5)ccc32)cc1. The van der Waals surface area contributed by atoms with Crippen LogP contribution in [-0.2, 0) is 19.3 Å². The van der Waals surface area contributed by atoms with E-state index >= 15 is 0 Å². The van der Waals surface area contributed by atoms with Gasteiger partial charge in [0.05, 0.1) is 32.9 Å². The van der Waals surface area contributed by atoms with Crippen LogP contribution in [0.2, 0.25) is 0 Å². The Morgan fingerprint density at radius 3 is 2.12 bits per heavy atom. The smallest absolute Gasteiger partial charge is 0.180 e. The third-order valence-corrected chi connectivity index (χ3v) is 15.6. The number of nitrogens with zero attached hydrogens (tertiary/aromatic N) is 4. The van der Waals surface area contributed by atoms with E-state index in [1.54, 1.807) is 11.3 Å². The molecule has 0 spiro atoms. The fraction of sp³-hybridized carbons (Fsp3) is 0.292. The highest BCUT2D eigenvalue weighted by Crippen LogP contribution is 2.58. The Labute approximate surface area is 360 Å². The lowest BCUT2D eigenvalue weighted by atomic mass is 9.88. The minimum absolute atomic E-state index is 0.515. The predicted molar refractivity (Wildman–Crippen MR) is 246 cm³/mol. The first-order chi connectivity index (χ1) is 28.6. The predicted octanol–water partition coefficient (Wildman–Crippen LogP) is 14.0. The van der Waals surface area contributed by atoms with Gasteiger partial charge in [-0.2, -0.15) is 8.75 Å². The topological polar surface area (TPSA) is 50.7 Å². The molecule has 6 heterocycles. The molecule has 0 amide bonds. The molecule has 7 aromatic rings. The number of ether oxygens (including phenoxy) is 2. The Hall–Kier alpha value is -4.35. The first kappa shape index (κ1) is 36.7. The van der Waals surface area contributed by atoms with E-state index in [0.717, 1.165) is 54.3 Å². The molecule has 6 nitrogen and oxygen atoms in total. The molecule has 0 saturated heterocycles. The quantitative estimate of drug-likeness (QED) is 0.134. The van der Waals surface area contributed by atoms with Crippen LogP contribution in [0.5, 0.6) is 11.5 Å². The monoisotopic (exact) mass is 882 g/mol. The van der Waals surface area contributed by atoms with Gasteiger partial charge in [-0.15, -0.1) is 11.3 Å². The number of rotatable bonds is 9. The van der Waals surface area contributed by atoms with Crippen LogP contribution in [0.15, 0.2) is 99.2 Å². The molecule has 0 bridgehead atoms. The number of hydrogen-bond donors (Lipinski definition) is 0. The van der Waals surface area contributed by atoms with Gasteiger partial charge in [0.25, 0.3) is 0 Å². The third-order valence-electron chi connectivity index (χ3n) is 12.1. The summed E-state index contributed by atoms with van der Waals surface area (Å²) in [6, 6.07) is 32.5. The molecule has 0 N–H and O–H groups in total. The van der Waals surface area contributed by atoms with Crippen LogP contribution in [0.4, 0.5) is 22.7 Å². The van der Waals surface area contributed by atoms with Crippen LogP contribution in [0.25, 0.3) is 43.0 Å². The standard InChI is InChI=1S/C48H43BrN4O2S3/c1-2-3-4-5-8-29-11-15-35(16-12-29)53-38-19-13-30(34-25-31-9-6-21-52-22-7-10-32(26-34)44(31)52)27-40(38)56-41-28-33(14-20-39(41)53)47-45-46(55-24-23-54-45)48(57-47)36-17-18-37(49)43-42(36)50-58-51-43/h11-20,25-28H,2-10,21-24H2,1H3. The second-order valence-corrected chi connectivity index (χ2v) is 19.3. The van der Waals surface area contributed by atoms with Crippen LogP contribution in [0.1, 0.15) is 62.1 Å². The minimum Gasteiger partial charge on any atom is -0.485 e. The molecule has 0 fully saturated rings. The molecule has 292 valence electrons. The van der Waals surface area contributed by atoms with E-state index in [-0.39, 0.29) is 0 Å². The van der Waals surface area contributed by atoms with Crippen LogP contribution in [-0.4, -0.2) is 35.1 Å². The van der Waals surface area contributed by atoms with E-state index in [0.29, 0.717) is 13.2 Å². The molecule has 2 aromatic heterocycles. The highest BCUT2D eigenvalue weighted by atomic mass is 79.9. The summed E-state index contributed by atoms with van der Waals surface area (Å²) >= 11 is 8.49. The maximum atomic E-state index is 6.43. The highest BCUT2D eigenvalue weighted by Gasteiger charge is 2.31. The number of halogens is 1. The number of anilines is 4. The Kier molecular flexibility index (Phi) is 9.72. The molecule has 4 aliphatic rings. The summed E-state index contributed by atoms with van der Waals surface area (Å²) in [5.74, 6) is 1.61. The van der Waals surface area contributed by atoms with Crippen LogP contribution < -0.4 is 19.3 Å². The molecular formula is C48H43BrN4O2S3. The summed E-state index contributed by atoms with van der Waals surface area (Å²) in [4.78, 5) is 9.68. The van der Waals surface area contributed by atoms with Crippen LogP contribution >= 0.6 is 50.8 Å². The first-order valence-corrected chi connectivity index (χ1v) is 23.9. The van der Waals surface area contributed by atoms with Gasteiger partial charge in [0, 0.05) is 44.3 Å². The Balaban J connectivity index is 1.01. The van der Waals surface area contributed by atoms with E-state index < -0.39 is 0 Å². The molecule has 0 unspecified atom stereocenters. The number of benzene rings is 5. The normalized spacial score (nSPS) is 15.3. The van der Waals surface area contributed by atoms with Gasteiger partial charge in [-0.1, -0.05) is 62.2 Å². The third kappa shape index (κ3) is 6.42. The van der Waals surface area contributed by atoms with Crippen molar-refractivity contribution in [3.63, 3.8) is 0 Å². The Bertz CT molecular complexity index is 2680. The van der Waals surface area contributed by atoms with E-state index in [4.69, 9.17) is 13.8 Å². The molecule has 10 heteroatoms. The lowest BCUT2D eigenvalue weighted by Crippen LogP contribution is -2.34. The fourth-order valence-corrected chi connectivity index (χ4v) is 12.7. The van der Waals surface area contributed by atoms with Gasteiger partial charge in [0.15, 0.2) is 11.5 Å². The number of thiophene rings is 1. The van der Waals surface area contributed by atoms with Crippen molar-refractivity contribution in [2.45, 2.75) is 74.5 Å². The van der Waals surface area contributed by atoms with Gasteiger partial charge in [0.2, 0.25) is 0 Å². The summed E-state index contributed by atoms with van der Waals surface area (Å²) in [5.41, 5.74) is 16.1. The Morgan fingerprint density at radius 1 is 0.690 bits per heavy atom. The van der Waals surface area contributed by atoms with Gasteiger partial charge in [0.1, 0.15) is 24.2 Å². The highest BCUT2D eigenvalue weighted by molar-refractivity contribution is 9.10. The van der Waals surface area contributed by atoms with Crippen molar-refractivity contribution >= 4 is 84.5 Å². The van der Waals surface area contributed by atoms with Gasteiger partial charge in [-0.05, 0) is 148 Å². The molecule has 58 heavy (non-hydrogen) atoms. The molecule has 0 radical (unpaired) electrons. The van der Waals surface area contributed by atoms with Crippen molar-refractivity contribution in [2.75, 3.05) is 36.1 Å². The number of aromatic nitrogens is 2. The molecular weight excluding hydrogens is 841 g/mol. The maximum Gasteiger partial charge on any atom is 0.180 e. The lowest BCUT2D eigenvalue weighted by molar-refractivity contribution is 0.175. The van der Waals surface area contributed by atoms with E-state index in [1.807, 2.05) is 11.8 Å². The fourth-order valence-electron chi connectivity index (χ4n) is 9.28. The molecule has 0 atom stereocenters. The second kappa shape index (κ2) is 15.4. The maximum absolute atomic E-state index is 6.43. The first-order valence-electron chi connectivity index (χ1n) is 20.7. The molecule has 4 aliphatic heterocycles. The van der Waals surface area contributed by atoms with Gasteiger partial charge in [-0.25, -0.2) is 0 Å². The van der Waals surface area contributed by atoms with Crippen LogP contribution in [0, 0.1) is 0 Å². The summed E-state index contributed by atoms with van der Waals surface area (Å²) in [5, 5.41) is 0. The number of unbranched alkanes of at least 4 members (excludes halogenated alkanes) is 3. The van der Waals surface area contributed by atoms with Crippen molar-refractivity contribution < 1.29 is 9.47 Å². The van der Waals surface area contributed by atoms with Crippen molar-refractivity contribution in [1.82, 2.24) is 8.75 Å². The van der Waals surface area contributed by atoms with E-state index in [1.165, 1.54) is 137 Å². The zero-order valence-electron chi connectivity index (χ0n) is 32.5. The van der Waals surface area contributed by atoms with Crippen LogP contribution in [0.3, 0.4) is 0 Å². The van der Waals surface area contributed by atoms with E-state index in [2.05, 4.69) is 122 Å². The lowest BCUT2D eigenvalue weighted by Gasteiger charge is -2.37.